The second-order valence-electron chi connectivity index (χ2n) is 9.40. The smallest absolute Gasteiger partial charge is 0.283 e. The number of H-pyrrole nitrogens is 1. The largest absolute Gasteiger partial charge is 0.385 e. The van der Waals surface area contributed by atoms with E-state index in [1.54, 1.807) is 36.3 Å². The highest BCUT2D eigenvalue weighted by Crippen LogP contribution is 2.29. The van der Waals surface area contributed by atoms with Crippen LogP contribution in [0.2, 0.25) is 0 Å². The fourth-order valence-corrected chi connectivity index (χ4v) is 7.35. The van der Waals surface area contributed by atoms with Gasteiger partial charge in [-0.15, -0.1) is 17.8 Å². The molecule has 2 aliphatic rings. The summed E-state index contributed by atoms with van der Waals surface area (Å²) in [6.45, 7) is 2.43. The van der Waals surface area contributed by atoms with Gasteiger partial charge in [-0.25, -0.2) is 23.4 Å². The average Bonchev–Trinajstić information content (AvgIpc) is 3.51. The molecular weight excluding hydrogens is 512 g/mol. The summed E-state index contributed by atoms with van der Waals surface area (Å²) in [5.41, 5.74) is 2.31. The summed E-state index contributed by atoms with van der Waals surface area (Å²) in [7, 11) is 1.79. The number of hydrogen-bond acceptors (Lipinski definition) is 8. The van der Waals surface area contributed by atoms with Crippen molar-refractivity contribution in [1.29, 1.82) is 0 Å². The molecular formula is C25H30N6O4S2. The number of fused-ring (bicyclic) bond motifs is 2. The third-order valence-electron chi connectivity index (χ3n) is 7.04. The molecule has 2 aliphatic heterocycles. The van der Waals surface area contributed by atoms with E-state index >= 15 is 0 Å². The van der Waals surface area contributed by atoms with Crippen LogP contribution in [0.1, 0.15) is 32.4 Å². The van der Waals surface area contributed by atoms with Crippen LogP contribution in [0.4, 0.5) is 0 Å². The number of hydrazine groups is 1. The number of sulfonamides is 1. The number of carbonyl (C=O) groups is 1. The van der Waals surface area contributed by atoms with Gasteiger partial charge >= 0.3 is 0 Å². The summed E-state index contributed by atoms with van der Waals surface area (Å²) in [5, 5.41) is 5.47. The van der Waals surface area contributed by atoms with Gasteiger partial charge < -0.3 is 14.6 Å². The van der Waals surface area contributed by atoms with Crippen molar-refractivity contribution >= 4 is 38.2 Å². The number of methoxy groups -OCH3 is 1. The average molecular weight is 543 g/mol. The van der Waals surface area contributed by atoms with E-state index in [0.29, 0.717) is 42.2 Å². The van der Waals surface area contributed by atoms with E-state index in [2.05, 4.69) is 25.9 Å². The number of thiazole rings is 1. The van der Waals surface area contributed by atoms with E-state index in [4.69, 9.17) is 11.2 Å². The summed E-state index contributed by atoms with van der Waals surface area (Å²) in [6, 6.07) is 6.62. The standard InChI is InChI=1S/C25H30N6O4S2/c1-5-17-6-7-20-18(12-17)13-23(26-20)37(33,34)30-9-10-31(19(14-30)8-11-35-4)25(32)24-27-21-15-28(2)29(3)16-22(21)36-24/h1,6-7,12-13,19,26H,8-11,14-16H2,2-4H3. The Labute approximate surface area is 220 Å². The van der Waals surface area contributed by atoms with Crippen LogP contribution in [-0.2, 0) is 27.8 Å². The molecule has 1 amide bonds. The highest BCUT2D eigenvalue weighted by molar-refractivity contribution is 7.89. The Balaban J connectivity index is 1.38. The lowest BCUT2D eigenvalue weighted by Gasteiger charge is -2.40. The second-order valence-corrected chi connectivity index (χ2v) is 12.4. The molecule has 4 heterocycles. The number of aromatic amines is 1. The van der Waals surface area contributed by atoms with Gasteiger partial charge in [0.15, 0.2) is 5.01 Å². The zero-order valence-corrected chi connectivity index (χ0v) is 22.7. The maximum Gasteiger partial charge on any atom is 0.283 e. The van der Waals surface area contributed by atoms with Crippen LogP contribution in [-0.4, -0.2) is 97.0 Å². The van der Waals surface area contributed by atoms with Gasteiger partial charge in [-0.05, 0) is 30.7 Å². The van der Waals surface area contributed by atoms with E-state index < -0.39 is 10.0 Å². The van der Waals surface area contributed by atoms with Gasteiger partial charge in [-0.3, -0.25) is 4.79 Å². The van der Waals surface area contributed by atoms with Gasteiger partial charge in [-0.1, -0.05) is 5.92 Å². The molecule has 1 atom stereocenters. The number of rotatable bonds is 6. The van der Waals surface area contributed by atoms with Crippen LogP contribution < -0.4 is 0 Å². The summed E-state index contributed by atoms with van der Waals surface area (Å²) in [4.78, 5) is 24.1. The van der Waals surface area contributed by atoms with E-state index in [0.717, 1.165) is 16.0 Å². The van der Waals surface area contributed by atoms with Crippen molar-refractivity contribution in [2.45, 2.75) is 30.6 Å². The van der Waals surface area contributed by atoms with Crippen molar-refractivity contribution in [3.05, 3.63) is 45.4 Å². The zero-order chi connectivity index (χ0) is 26.3. The minimum absolute atomic E-state index is 0.114. The first kappa shape index (κ1) is 25.8. The fourth-order valence-electron chi connectivity index (χ4n) is 4.80. The SMILES string of the molecule is C#Cc1ccc2[nH]c(S(=O)(=O)N3CCN(C(=O)c4nc5c(s4)CN(C)N(C)C5)C(CCOC)C3)cc2c1. The molecule has 10 nitrogen and oxygen atoms in total. The number of amides is 1. The molecule has 12 heteroatoms. The minimum atomic E-state index is -3.81. The third-order valence-corrected chi connectivity index (χ3v) is 9.89. The quantitative estimate of drug-likeness (QED) is 0.475. The molecule has 0 bridgehead atoms. The van der Waals surface area contributed by atoms with Crippen LogP contribution in [0.5, 0.6) is 0 Å². The second kappa shape index (κ2) is 10.2. The van der Waals surface area contributed by atoms with Gasteiger partial charge in [0.05, 0.1) is 12.2 Å². The van der Waals surface area contributed by atoms with E-state index in [-0.39, 0.29) is 36.6 Å². The molecule has 5 rings (SSSR count). The molecule has 3 aromatic rings. The molecule has 2 aromatic heterocycles. The fraction of sp³-hybridized carbons (Fsp3) is 0.440. The van der Waals surface area contributed by atoms with Gasteiger partial charge in [0.25, 0.3) is 15.9 Å². The lowest BCUT2D eigenvalue weighted by molar-refractivity contribution is -0.00173. The zero-order valence-electron chi connectivity index (χ0n) is 21.1. The van der Waals surface area contributed by atoms with Crippen LogP contribution in [0.15, 0.2) is 29.3 Å². The number of carbonyl (C=O) groups excluding carboxylic acids is 1. The van der Waals surface area contributed by atoms with Crippen LogP contribution in [0.25, 0.3) is 10.9 Å². The van der Waals surface area contributed by atoms with Gasteiger partial charge in [0.2, 0.25) is 0 Å². The monoisotopic (exact) mass is 542 g/mol. The Morgan fingerprint density at radius 1 is 1.24 bits per heavy atom. The van der Waals surface area contributed by atoms with Crippen LogP contribution >= 0.6 is 11.3 Å². The molecule has 0 aliphatic carbocycles. The first-order chi connectivity index (χ1) is 17.7. The summed E-state index contributed by atoms with van der Waals surface area (Å²) in [6.07, 6.45) is 6.01. The molecule has 1 saturated heterocycles. The van der Waals surface area contributed by atoms with Crippen LogP contribution in [0.3, 0.4) is 0 Å². The van der Waals surface area contributed by atoms with Gasteiger partial charge in [0, 0.05) is 81.4 Å². The first-order valence-corrected chi connectivity index (χ1v) is 14.3. The van der Waals surface area contributed by atoms with Gasteiger partial charge in [-0.2, -0.15) is 4.31 Å². The van der Waals surface area contributed by atoms with Crippen molar-refractivity contribution in [3.63, 3.8) is 0 Å². The van der Waals surface area contributed by atoms with E-state index in [1.165, 1.54) is 15.6 Å². The molecule has 0 saturated carbocycles. The maximum atomic E-state index is 13.6. The van der Waals surface area contributed by atoms with Crippen molar-refractivity contribution in [3.8, 4) is 12.3 Å². The molecule has 1 aromatic carbocycles. The predicted molar refractivity (Wildman–Crippen MR) is 141 cm³/mol. The number of benzene rings is 1. The first-order valence-electron chi connectivity index (χ1n) is 12.0. The molecule has 1 N–H and O–H groups in total. The topological polar surface area (TPSA) is 102 Å². The summed E-state index contributed by atoms with van der Waals surface area (Å²) < 4.78 is 33.9. The number of aromatic nitrogens is 2. The molecule has 1 unspecified atom stereocenters. The Morgan fingerprint density at radius 2 is 2.03 bits per heavy atom. The maximum absolute atomic E-state index is 13.6. The predicted octanol–water partition coefficient (Wildman–Crippen LogP) is 1.95. The summed E-state index contributed by atoms with van der Waals surface area (Å²) in [5.74, 6) is 2.42. The van der Waals surface area contributed by atoms with Crippen molar-refractivity contribution in [1.82, 2.24) is 29.2 Å². The van der Waals surface area contributed by atoms with Crippen molar-refractivity contribution in [2.75, 3.05) is 47.4 Å². The lowest BCUT2D eigenvalue weighted by atomic mass is 10.1. The van der Waals surface area contributed by atoms with Gasteiger partial charge in [0.1, 0.15) is 5.03 Å². The lowest BCUT2D eigenvalue weighted by Crippen LogP contribution is -2.56. The van der Waals surface area contributed by atoms with Crippen molar-refractivity contribution in [2.24, 2.45) is 0 Å². The Kier molecular flexibility index (Phi) is 7.10. The molecule has 0 spiro atoms. The van der Waals surface area contributed by atoms with E-state index in [9.17, 15) is 13.2 Å². The summed E-state index contributed by atoms with van der Waals surface area (Å²) >= 11 is 1.42. The minimum Gasteiger partial charge on any atom is -0.385 e. The molecule has 0 radical (unpaired) electrons. The Hall–Kier alpha value is -2.79. The molecule has 196 valence electrons. The molecule has 1 fully saturated rings. The normalized spacial score (nSPS) is 19.7. The number of terminal acetylenes is 1. The number of nitrogens with zero attached hydrogens (tertiary/aromatic N) is 5. The Morgan fingerprint density at radius 3 is 2.78 bits per heavy atom. The third kappa shape index (κ3) is 4.90. The molecule has 37 heavy (non-hydrogen) atoms. The number of piperazine rings is 1. The Bertz CT molecular complexity index is 1450. The number of hydrogen-bond donors (Lipinski definition) is 1. The number of nitrogens with one attached hydrogen (secondary N) is 1. The highest BCUT2D eigenvalue weighted by atomic mass is 32.2. The van der Waals surface area contributed by atoms with Crippen molar-refractivity contribution < 1.29 is 17.9 Å². The van der Waals surface area contributed by atoms with E-state index in [1.807, 2.05) is 14.1 Å². The highest BCUT2D eigenvalue weighted by Gasteiger charge is 2.38. The number of ether oxygens (including phenoxy) is 1. The van der Waals surface area contributed by atoms with Crippen LogP contribution in [0, 0.1) is 12.3 Å².